The van der Waals surface area contributed by atoms with Crippen molar-refractivity contribution in [1.29, 1.82) is 5.26 Å². The highest BCUT2D eigenvalue weighted by atomic mass is 16.5. The lowest BCUT2D eigenvalue weighted by Gasteiger charge is -2.19. The molecule has 0 N–H and O–H groups in total. The number of carbonyl (C=O) groups is 2. The molecule has 25 heavy (non-hydrogen) atoms. The largest absolute Gasteiger partial charge is 0.493 e. The van der Waals surface area contributed by atoms with E-state index in [2.05, 4.69) is 4.74 Å². The molecule has 7 heteroatoms. The van der Waals surface area contributed by atoms with Crippen LogP contribution in [-0.2, 0) is 14.3 Å². The standard InChI is InChI=1S/C18H22N2O5/c1-5-20(6-2)17(21)12-25-15-8-7-13(10-16(15)23-3)9-14(11-19)18(22)24-4/h7-10H,5-6,12H2,1-4H3. The lowest BCUT2D eigenvalue weighted by Crippen LogP contribution is -2.34. The highest BCUT2D eigenvalue weighted by Crippen LogP contribution is 2.29. The second-order valence-electron chi connectivity index (χ2n) is 4.93. The summed E-state index contributed by atoms with van der Waals surface area (Å²) in [6.45, 7) is 4.93. The normalized spacial score (nSPS) is 10.6. The van der Waals surface area contributed by atoms with Crippen molar-refractivity contribution < 1.29 is 23.8 Å². The van der Waals surface area contributed by atoms with Crippen LogP contribution in [0.4, 0.5) is 0 Å². The van der Waals surface area contributed by atoms with E-state index in [0.717, 1.165) is 0 Å². The highest BCUT2D eigenvalue weighted by molar-refractivity contribution is 5.97. The summed E-state index contributed by atoms with van der Waals surface area (Å²) in [5, 5.41) is 9.00. The molecular weight excluding hydrogens is 324 g/mol. The van der Waals surface area contributed by atoms with Crippen molar-refractivity contribution in [2.45, 2.75) is 13.8 Å². The summed E-state index contributed by atoms with van der Waals surface area (Å²) in [7, 11) is 2.67. The van der Waals surface area contributed by atoms with Crippen molar-refractivity contribution in [2.24, 2.45) is 0 Å². The van der Waals surface area contributed by atoms with Gasteiger partial charge in [0.1, 0.15) is 11.6 Å². The number of methoxy groups -OCH3 is 2. The van der Waals surface area contributed by atoms with Gasteiger partial charge in [0.05, 0.1) is 14.2 Å². The SMILES string of the molecule is CCN(CC)C(=O)COc1ccc(C=C(C#N)C(=O)OC)cc1OC. The predicted octanol–water partition coefficient (Wildman–Crippen LogP) is 2.02. The molecule has 0 spiro atoms. The predicted molar refractivity (Wildman–Crippen MR) is 92.0 cm³/mol. The minimum atomic E-state index is -0.716. The van der Waals surface area contributed by atoms with E-state index in [-0.39, 0.29) is 18.1 Å². The summed E-state index contributed by atoms with van der Waals surface area (Å²) in [5.74, 6) is -0.0416. The molecule has 0 aliphatic heterocycles. The lowest BCUT2D eigenvalue weighted by molar-refractivity contribution is -0.135. The molecule has 0 atom stereocenters. The third-order valence-electron chi connectivity index (χ3n) is 3.49. The Labute approximate surface area is 147 Å². The molecule has 1 aromatic carbocycles. The van der Waals surface area contributed by atoms with Gasteiger partial charge in [-0.15, -0.1) is 0 Å². The molecule has 0 aromatic heterocycles. The van der Waals surface area contributed by atoms with Crippen LogP contribution in [0.1, 0.15) is 19.4 Å². The van der Waals surface area contributed by atoms with E-state index < -0.39 is 5.97 Å². The third-order valence-corrected chi connectivity index (χ3v) is 3.49. The molecule has 0 unspecified atom stereocenters. The first-order chi connectivity index (χ1) is 12.0. The summed E-state index contributed by atoms with van der Waals surface area (Å²) in [6.07, 6.45) is 1.39. The molecule has 1 amide bonds. The molecule has 0 aliphatic carbocycles. The maximum atomic E-state index is 12.0. The fraction of sp³-hybridized carbons (Fsp3) is 0.389. The molecule has 0 heterocycles. The number of nitriles is 1. The average Bonchev–Trinajstić information content (AvgIpc) is 2.64. The third kappa shape index (κ3) is 5.53. The summed E-state index contributed by atoms with van der Waals surface area (Å²) in [6, 6.07) is 6.66. The lowest BCUT2D eigenvalue weighted by atomic mass is 10.1. The van der Waals surface area contributed by atoms with Gasteiger partial charge in [-0.25, -0.2) is 4.79 Å². The van der Waals surface area contributed by atoms with E-state index in [1.54, 1.807) is 29.2 Å². The zero-order chi connectivity index (χ0) is 18.8. The van der Waals surface area contributed by atoms with Crippen LogP contribution in [0.15, 0.2) is 23.8 Å². The number of rotatable bonds is 8. The Kier molecular flexibility index (Phi) is 8.00. The van der Waals surface area contributed by atoms with E-state index >= 15 is 0 Å². The van der Waals surface area contributed by atoms with Crippen LogP contribution in [-0.4, -0.2) is 50.7 Å². The Morgan fingerprint density at radius 1 is 1.20 bits per heavy atom. The number of hydrogen-bond donors (Lipinski definition) is 0. The molecule has 134 valence electrons. The summed E-state index contributed by atoms with van der Waals surface area (Å²) in [5.41, 5.74) is 0.441. The highest BCUT2D eigenvalue weighted by Gasteiger charge is 2.13. The molecular formula is C18H22N2O5. The first-order valence-electron chi connectivity index (χ1n) is 7.79. The van der Waals surface area contributed by atoms with E-state index in [1.807, 2.05) is 13.8 Å². The van der Waals surface area contributed by atoms with Crippen LogP contribution in [0.5, 0.6) is 11.5 Å². The second-order valence-corrected chi connectivity index (χ2v) is 4.93. The number of hydrogen-bond acceptors (Lipinski definition) is 6. The Balaban J connectivity index is 2.96. The van der Waals surface area contributed by atoms with Crippen LogP contribution >= 0.6 is 0 Å². The van der Waals surface area contributed by atoms with E-state index in [1.165, 1.54) is 20.3 Å². The Hall–Kier alpha value is -3.01. The number of carbonyl (C=O) groups excluding carboxylic acids is 2. The average molecular weight is 346 g/mol. The molecule has 0 radical (unpaired) electrons. The maximum Gasteiger partial charge on any atom is 0.348 e. The van der Waals surface area contributed by atoms with Crippen molar-refractivity contribution in [1.82, 2.24) is 4.90 Å². The smallest absolute Gasteiger partial charge is 0.348 e. The van der Waals surface area contributed by atoms with Gasteiger partial charge in [0.15, 0.2) is 18.1 Å². The van der Waals surface area contributed by atoms with Gasteiger partial charge in [-0.3, -0.25) is 4.79 Å². The van der Waals surface area contributed by atoms with Crippen LogP contribution in [0, 0.1) is 11.3 Å². The van der Waals surface area contributed by atoms with Gasteiger partial charge in [0, 0.05) is 13.1 Å². The van der Waals surface area contributed by atoms with Crippen molar-refractivity contribution in [3.63, 3.8) is 0 Å². The van der Waals surface area contributed by atoms with Crippen molar-refractivity contribution >= 4 is 18.0 Å². The molecule has 0 aliphatic rings. The Morgan fingerprint density at radius 2 is 1.88 bits per heavy atom. The van der Waals surface area contributed by atoms with Crippen LogP contribution < -0.4 is 9.47 Å². The summed E-state index contributed by atoms with van der Waals surface area (Å²) in [4.78, 5) is 25.1. The first kappa shape index (κ1) is 20.0. The van der Waals surface area contributed by atoms with E-state index in [4.69, 9.17) is 14.7 Å². The van der Waals surface area contributed by atoms with Gasteiger partial charge in [-0.1, -0.05) is 6.07 Å². The zero-order valence-corrected chi connectivity index (χ0v) is 14.9. The van der Waals surface area contributed by atoms with E-state index in [9.17, 15) is 9.59 Å². The van der Waals surface area contributed by atoms with Crippen LogP contribution in [0.2, 0.25) is 0 Å². The Morgan fingerprint density at radius 3 is 2.40 bits per heavy atom. The summed E-state index contributed by atoms with van der Waals surface area (Å²) >= 11 is 0. The fourth-order valence-corrected chi connectivity index (χ4v) is 2.11. The number of ether oxygens (including phenoxy) is 3. The zero-order valence-electron chi connectivity index (χ0n) is 14.9. The van der Waals surface area contributed by atoms with E-state index in [0.29, 0.717) is 30.2 Å². The van der Waals surface area contributed by atoms with Crippen molar-refractivity contribution in [3.8, 4) is 17.6 Å². The van der Waals surface area contributed by atoms with Gasteiger partial charge in [-0.05, 0) is 37.6 Å². The number of benzene rings is 1. The first-order valence-corrected chi connectivity index (χ1v) is 7.79. The van der Waals surface area contributed by atoms with Gasteiger partial charge in [0.2, 0.25) is 0 Å². The number of amides is 1. The van der Waals surface area contributed by atoms with Gasteiger partial charge < -0.3 is 19.1 Å². The van der Waals surface area contributed by atoms with Crippen LogP contribution in [0.3, 0.4) is 0 Å². The number of nitrogens with zero attached hydrogens (tertiary/aromatic N) is 2. The molecule has 1 aromatic rings. The molecule has 1 rings (SSSR count). The molecule has 0 bridgehead atoms. The van der Waals surface area contributed by atoms with Crippen molar-refractivity contribution in [3.05, 3.63) is 29.3 Å². The maximum absolute atomic E-state index is 12.0. The van der Waals surface area contributed by atoms with Gasteiger partial charge >= 0.3 is 5.97 Å². The molecule has 0 saturated carbocycles. The topological polar surface area (TPSA) is 88.9 Å². The molecule has 7 nitrogen and oxygen atoms in total. The van der Waals surface area contributed by atoms with Crippen molar-refractivity contribution in [2.75, 3.05) is 33.9 Å². The van der Waals surface area contributed by atoms with Gasteiger partial charge in [-0.2, -0.15) is 5.26 Å². The number of likely N-dealkylation sites (N-methyl/N-ethyl adjacent to an activating group) is 1. The molecule has 0 saturated heterocycles. The van der Waals surface area contributed by atoms with Crippen LogP contribution in [0.25, 0.3) is 6.08 Å². The fourth-order valence-electron chi connectivity index (χ4n) is 2.11. The molecule has 0 fully saturated rings. The quantitative estimate of drug-likeness (QED) is 0.406. The monoisotopic (exact) mass is 346 g/mol. The summed E-state index contributed by atoms with van der Waals surface area (Å²) < 4.78 is 15.3. The minimum Gasteiger partial charge on any atom is -0.493 e. The minimum absolute atomic E-state index is 0.0984. The van der Waals surface area contributed by atoms with Gasteiger partial charge in [0.25, 0.3) is 5.91 Å². The number of esters is 1. The Bertz CT molecular complexity index is 687. The second kappa shape index (κ2) is 9.98.